The van der Waals surface area contributed by atoms with Gasteiger partial charge in [-0.3, -0.25) is 4.79 Å². The number of Topliss-reactive ketones (excluding diaryl/α,β-unsaturated/α-hetero) is 1. The number of benzene rings is 2. The number of carbonyl (C=O) groups is 1. The Morgan fingerprint density at radius 2 is 1.52 bits per heavy atom. The molecular formula is C19H20O2. The first-order valence-corrected chi connectivity index (χ1v) is 7.54. The molecule has 2 nitrogen and oxygen atoms in total. The van der Waals surface area contributed by atoms with Gasteiger partial charge in [-0.1, -0.05) is 54.6 Å². The minimum Gasteiger partial charge on any atom is -0.385 e. The van der Waals surface area contributed by atoms with E-state index in [4.69, 9.17) is 0 Å². The molecule has 1 saturated carbocycles. The second kappa shape index (κ2) is 5.82. The lowest BCUT2D eigenvalue weighted by molar-refractivity contribution is -0.125. The highest BCUT2D eigenvalue weighted by Gasteiger charge is 2.35. The maximum absolute atomic E-state index is 11.4. The van der Waals surface area contributed by atoms with Crippen molar-refractivity contribution in [2.75, 3.05) is 0 Å². The summed E-state index contributed by atoms with van der Waals surface area (Å²) in [4.78, 5) is 11.4. The van der Waals surface area contributed by atoms with E-state index in [1.165, 1.54) is 5.56 Å². The van der Waals surface area contributed by atoms with Crippen molar-refractivity contribution >= 4 is 5.78 Å². The molecule has 0 radical (unpaired) electrons. The lowest BCUT2D eigenvalue weighted by Crippen LogP contribution is -2.32. The van der Waals surface area contributed by atoms with Crippen LogP contribution >= 0.6 is 0 Å². The monoisotopic (exact) mass is 280 g/mol. The molecule has 2 aromatic carbocycles. The Labute approximate surface area is 125 Å². The van der Waals surface area contributed by atoms with Crippen LogP contribution in [0.2, 0.25) is 0 Å². The van der Waals surface area contributed by atoms with E-state index in [0.717, 1.165) is 17.5 Å². The average Bonchev–Trinajstić information content (AvgIpc) is 2.52. The van der Waals surface area contributed by atoms with E-state index in [9.17, 15) is 9.90 Å². The topological polar surface area (TPSA) is 37.3 Å². The molecule has 108 valence electrons. The Balaban J connectivity index is 1.91. The minimum atomic E-state index is -0.848. The van der Waals surface area contributed by atoms with Gasteiger partial charge in [0.15, 0.2) is 0 Å². The highest BCUT2D eigenvalue weighted by molar-refractivity contribution is 5.79. The first kappa shape index (κ1) is 14.0. The summed E-state index contributed by atoms with van der Waals surface area (Å²) in [5.74, 6) is 0.264. The van der Waals surface area contributed by atoms with Crippen molar-refractivity contribution in [3.63, 3.8) is 0 Å². The van der Waals surface area contributed by atoms with E-state index in [1.807, 2.05) is 36.4 Å². The van der Waals surface area contributed by atoms with Crippen molar-refractivity contribution in [3.05, 3.63) is 71.3 Å². The van der Waals surface area contributed by atoms with Gasteiger partial charge in [0.1, 0.15) is 5.78 Å². The zero-order valence-electron chi connectivity index (χ0n) is 12.1. The van der Waals surface area contributed by atoms with Gasteiger partial charge in [-0.2, -0.15) is 0 Å². The van der Waals surface area contributed by atoms with Crippen LogP contribution in [0.25, 0.3) is 0 Å². The number of hydrogen-bond acceptors (Lipinski definition) is 2. The highest BCUT2D eigenvalue weighted by atomic mass is 16.3. The molecule has 1 N–H and O–H groups in total. The van der Waals surface area contributed by atoms with Gasteiger partial charge in [0.2, 0.25) is 0 Å². The summed E-state index contributed by atoms with van der Waals surface area (Å²) in [7, 11) is 0. The van der Waals surface area contributed by atoms with Crippen LogP contribution < -0.4 is 0 Å². The summed E-state index contributed by atoms with van der Waals surface area (Å²) in [5.41, 5.74) is 2.53. The van der Waals surface area contributed by atoms with Crippen molar-refractivity contribution in [3.8, 4) is 0 Å². The van der Waals surface area contributed by atoms with Gasteiger partial charge >= 0.3 is 0 Å². The van der Waals surface area contributed by atoms with Crippen molar-refractivity contribution < 1.29 is 9.90 Å². The largest absolute Gasteiger partial charge is 0.385 e. The third-order valence-electron chi connectivity index (χ3n) is 4.39. The van der Waals surface area contributed by atoms with Crippen LogP contribution in [-0.4, -0.2) is 10.9 Å². The van der Waals surface area contributed by atoms with Crippen molar-refractivity contribution in [1.82, 2.24) is 0 Å². The summed E-state index contributed by atoms with van der Waals surface area (Å²) < 4.78 is 0. The fourth-order valence-corrected chi connectivity index (χ4v) is 3.16. The number of ketones is 1. The van der Waals surface area contributed by atoms with E-state index in [1.54, 1.807) is 0 Å². The fourth-order valence-electron chi connectivity index (χ4n) is 3.16. The predicted octanol–water partition coefficient (Wildman–Crippen LogP) is 3.61. The Morgan fingerprint density at radius 1 is 0.905 bits per heavy atom. The number of rotatable bonds is 3. The molecule has 0 unspecified atom stereocenters. The molecule has 0 atom stereocenters. The molecule has 0 spiro atoms. The zero-order chi connectivity index (χ0) is 14.7. The Kier molecular flexibility index (Phi) is 3.89. The van der Waals surface area contributed by atoms with Crippen LogP contribution in [0.5, 0.6) is 0 Å². The second-order valence-corrected chi connectivity index (χ2v) is 5.89. The minimum absolute atomic E-state index is 0.264. The first-order valence-electron chi connectivity index (χ1n) is 7.54. The van der Waals surface area contributed by atoms with Crippen molar-refractivity contribution in [1.29, 1.82) is 0 Å². The molecule has 1 aliphatic rings. The Bertz CT molecular complexity index is 621. The Morgan fingerprint density at radius 3 is 2.24 bits per heavy atom. The van der Waals surface area contributed by atoms with E-state index in [0.29, 0.717) is 25.7 Å². The first-order chi connectivity index (χ1) is 10.2. The van der Waals surface area contributed by atoms with E-state index in [2.05, 4.69) is 18.2 Å². The second-order valence-electron chi connectivity index (χ2n) is 5.89. The van der Waals surface area contributed by atoms with Crippen LogP contribution in [-0.2, 0) is 16.8 Å². The zero-order valence-corrected chi connectivity index (χ0v) is 12.1. The van der Waals surface area contributed by atoms with Crippen LogP contribution in [0, 0.1) is 0 Å². The molecule has 0 aliphatic heterocycles. The van der Waals surface area contributed by atoms with Gasteiger partial charge in [0.25, 0.3) is 0 Å². The molecule has 0 amide bonds. The molecule has 1 fully saturated rings. The van der Waals surface area contributed by atoms with Gasteiger partial charge < -0.3 is 5.11 Å². The van der Waals surface area contributed by atoms with Gasteiger partial charge in [0, 0.05) is 12.8 Å². The van der Waals surface area contributed by atoms with Gasteiger partial charge in [-0.25, -0.2) is 0 Å². The summed E-state index contributed by atoms with van der Waals surface area (Å²) in [5, 5.41) is 11.0. The maximum atomic E-state index is 11.4. The molecule has 0 bridgehead atoms. The van der Waals surface area contributed by atoms with Gasteiger partial charge in [0.05, 0.1) is 5.60 Å². The normalized spacial score (nSPS) is 17.7. The number of hydrogen-bond donors (Lipinski definition) is 1. The molecular weight excluding hydrogens is 260 g/mol. The molecule has 0 saturated heterocycles. The molecule has 0 heterocycles. The number of carbonyl (C=O) groups excluding carboxylic acids is 1. The van der Waals surface area contributed by atoms with Crippen molar-refractivity contribution in [2.45, 2.75) is 37.7 Å². The van der Waals surface area contributed by atoms with E-state index >= 15 is 0 Å². The molecule has 0 aromatic heterocycles. The summed E-state index contributed by atoms with van der Waals surface area (Å²) in [6, 6.07) is 18.4. The van der Waals surface area contributed by atoms with Gasteiger partial charge in [-0.05, 0) is 36.0 Å². The van der Waals surface area contributed by atoms with Crippen LogP contribution in [0.1, 0.15) is 42.4 Å². The molecule has 2 aromatic rings. The predicted molar refractivity (Wildman–Crippen MR) is 83.1 cm³/mol. The van der Waals surface area contributed by atoms with Crippen LogP contribution in [0.15, 0.2) is 54.6 Å². The molecule has 2 heteroatoms. The quantitative estimate of drug-likeness (QED) is 0.932. The van der Waals surface area contributed by atoms with Crippen LogP contribution in [0.3, 0.4) is 0 Å². The van der Waals surface area contributed by atoms with E-state index < -0.39 is 5.60 Å². The smallest absolute Gasteiger partial charge is 0.133 e. The Hall–Kier alpha value is -1.93. The summed E-state index contributed by atoms with van der Waals surface area (Å²) in [6.07, 6.45) is 2.86. The molecule has 1 aliphatic carbocycles. The van der Waals surface area contributed by atoms with Crippen molar-refractivity contribution in [2.24, 2.45) is 0 Å². The molecule has 21 heavy (non-hydrogen) atoms. The third kappa shape index (κ3) is 3.06. The fraction of sp³-hybridized carbons (Fsp3) is 0.316. The van der Waals surface area contributed by atoms with Gasteiger partial charge in [-0.15, -0.1) is 0 Å². The number of aliphatic hydroxyl groups is 1. The third-order valence-corrected chi connectivity index (χ3v) is 4.39. The average molecular weight is 280 g/mol. The molecule has 3 rings (SSSR count). The summed E-state index contributed by atoms with van der Waals surface area (Å²) >= 11 is 0. The maximum Gasteiger partial charge on any atom is 0.133 e. The standard InChI is InChI=1S/C19H20O2/c20-17-10-12-19(21,13-11-17)18-9-5-4-8-16(18)14-15-6-2-1-3-7-15/h1-9,21H,10-14H2. The lowest BCUT2D eigenvalue weighted by atomic mass is 9.77. The summed E-state index contributed by atoms with van der Waals surface area (Å²) in [6.45, 7) is 0. The van der Waals surface area contributed by atoms with Crippen LogP contribution in [0.4, 0.5) is 0 Å². The van der Waals surface area contributed by atoms with E-state index in [-0.39, 0.29) is 5.78 Å². The SMILES string of the molecule is O=C1CCC(O)(c2ccccc2Cc2ccccc2)CC1. The lowest BCUT2D eigenvalue weighted by Gasteiger charge is -2.33. The highest BCUT2D eigenvalue weighted by Crippen LogP contribution is 2.37.